The second kappa shape index (κ2) is 4.83. The fraction of sp³-hybridized carbons (Fsp3) is 1.00. The van der Waals surface area contributed by atoms with Crippen LogP contribution < -0.4 is 5.32 Å². The second-order valence-corrected chi connectivity index (χ2v) is 4.25. The van der Waals surface area contributed by atoms with E-state index in [-0.39, 0.29) is 0 Å². The van der Waals surface area contributed by atoms with E-state index in [1.807, 2.05) is 0 Å². The Bertz CT molecular complexity index is 117. The highest BCUT2D eigenvalue weighted by Gasteiger charge is 2.22. The Morgan fingerprint density at radius 3 is 2.42 bits per heavy atom. The van der Waals surface area contributed by atoms with E-state index in [4.69, 9.17) is 0 Å². The van der Waals surface area contributed by atoms with E-state index >= 15 is 0 Å². The van der Waals surface area contributed by atoms with Crippen molar-refractivity contribution in [3.63, 3.8) is 0 Å². The summed E-state index contributed by atoms with van der Waals surface area (Å²) in [5.41, 5.74) is 0. The monoisotopic (exact) mass is 171 g/mol. The minimum atomic E-state index is 1.21. The molecule has 0 aromatic carbocycles. The molecule has 1 rings (SSSR count). The van der Waals surface area contributed by atoms with E-state index < -0.39 is 0 Å². The van der Waals surface area contributed by atoms with Crippen molar-refractivity contribution in [3.05, 3.63) is 0 Å². The Balaban J connectivity index is 2.17. The summed E-state index contributed by atoms with van der Waals surface area (Å²) in [5.74, 6) is 0. The van der Waals surface area contributed by atoms with Crippen LogP contribution in [0.3, 0.4) is 0 Å². The van der Waals surface area contributed by atoms with Crippen LogP contribution in [-0.2, 0) is 0 Å². The van der Waals surface area contributed by atoms with Crippen LogP contribution in [0.4, 0.5) is 0 Å². The van der Waals surface area contributed by atoms with Gasteiger partial charge in [-0.25, -0.2) is 0 Å². The van der Waals surface area contributed by atoms with Gasteiger partial charge < -0.3 is 9.80 Å². The number of rotatable bonds is 4. The number of quaternary nitrogens is 1. The molecule has 1 N–H and O–H groups in total. The predicted octanol–water partition coefficient (Wildman–Crippen LogP) is 1.23. The third-order valence-electron chi connectivity index (χ3n) is 2.96. The van der Waals surface area contributed by atoms with Crippen LogP contribution in [0.2, 0.25) is 0 Å². The number of likely N-dealkylation sites (N-methyl/N-ethyl adjacent to an activating group) is 1. The molecule has 0 unspecified atom stereocenters. The summed E-state index contributed by atoms with van der Waals surface area (Å²) < 4.78 is 1.30. The topological polar surface area (TPSA) is 12.0 Å². The van der Waals surface area contributed by atoms with Crippen molar-refractivity contribution in [3.8, 4) is 0 Å². The molecule has 0 radical (unpaired) electrons. The molecule has 0 amide bonds. The lowest BCUT2D eigenvalue weighted by atomic mass is 10.2. The average molecular weight is 171 g/mol. The van der Waals surface area contributed by atoms with Gasteiger partial charge in [0.1, 0.15) is 0 Å². The lowest BCUT2D eigenvalue weighted by molar-refractivity contribution is -0.911. The highest BCUT2D eigenvalue weighted by molar-refractivity contribution is 4.55. The standard InChI is InChI=1S/C10H23N2/c1-3-4-5-8-12(2)9-6-11-7-10-12/h11H,3-10H2,1-2H3/q+1. The third-order valence-corrected chi connectivity index (χ3v) is 2.96. The largest absolute Gasteiger partial charge is 0.324 e. The van der Waals surface area contributed by atoms with E-state index in [1.54, 1.807) is 0 Å². The van der Waals surface area contributed by atoms with Gasteiger partial charge in [0.15, 0.2) is 0 Å². The maximum atomic E-state index is 3.41. The van der Waals surface area contributed by atoms with E-state index in [9.17, 15) is 0 Å². The summed E-state index contributed by atoms with van der Waals surface area (Å²) in [6.45, 7) is 8.73. The van der Waals surface area contributed by atoms with Crippen LogP contribution in [0, 0.1) is 0 Å². The van der Waals surface area contributed by atoms with Crippen LogP contribution >= 0.6 is 0 Å². The van der Waals surface area contributed by atoms with Gasteiger partial charge in [-0.2, -0.15) is 0 Å². The lowest BCUT2D eigenvalue weighted by Crippen LogP contribution is -2.56. The molecule has 0 aromatic heterocycles. The molecule has 0 atom stereocenters. The summed E-state index contributed by atoms with van der Waals surface area (Å²) in [7, 11) is 2.40. The van der Waals surface area contributed by atoms with Crippen LogP contribution in [0.1, 0.15) is 26.2 Å². The number of piperazine rings is 1. The molecule has 0 spiro atoms. The first-order valence-corrected chi connectivity index (χ1v) is 5.31. The van der Waals surface area contributed by atoms with Crippen molar-refractivity contribution in [1.29, 1.82) is 0 Å². The van der Waals surface area contributed by atoms with Gasteiger partial charge in [-0.05, 0) is 12.8 Å². The summed E-state index contributed by atoms with van der Waals surface area (Å²) in [4.78, 5) is 0. The Kier molecular flexibility index (Phi) is 4.02. The predicted molar refractivity (Wildman–Crippen MR) is 53.2 cm³/mol. The molecule has 1 fully saturated rings. The summed E-state index contributed by atoms with van der Waals surface area (Å²) in [6.07, 6.45) is 4.16. The van der Waals surface area contributed by atoms with Gasteiger partial charge in [-0.3, -0.25) is 0 Å². The van der Waals surface area contributed by atoms with Gasteiger partial charge in [0.2, 0.25) is 0 Å². The number of nitrogens with zero attached hydrogens (tertiary/aromatic N) is 1. The van der Waals surface area contributed by atoms with E-state index in [0.29, 0.717) is 0 Å². The van der Waals surface area contributed by atoms with E-state index in [0.717, 1.165) is 0 Å². The quantitative estimate of drug-likeness (QED) is 0.495. The van der Waals surface area contributed by atoms with E-state index in [2.05, 4.69) is 19.3 Å². The molecular formula is C10H23N2+. The molecule has 1 aliphatic heterocycles. The molecule has 72 valence electrons. The van der Waals surface area contributed by atoms with Crippen molar-refractivity contribution in [2.45, 2.75) is 26.2 Å². The molecule has 0 aliphatic carbocycles. The fourth-order valence-corrected chi connectivity index (χ4v) is 1.90. The molecule has 1 heterocycles. The maximum absolute atomic E-state index is 3.41. The SMILES string of the molecule is CCCCC[N+]1(C)CCNCC1. The smallest absolute Gasteiger partial charge is 0.0911 e. The number of nitrogens with one attached hydrogen (secondary N) is 1. The highest BCUT2D eigenvalue weighted by Crippen LogP contribution is 2.07. The molecule has 1 saturated heterocycles. The van der Waals surface area contributed by atoms with Crippen LogP contribution in [0.15, 0.2) is 0 Å². The first kappa shape index (κ1) is 10.0. The Hall–Kier alpha value is -0.0800. The zero-order valence-electron chi connectivity index (χ0n) is 8.60. The lowest BCUT2D eigenvalue weighted by Gasteiger charge is -2.38. The number of unbranched alkanes of at least 4 members (excludes halogenated alkanes) is 2. The highest BCUT2D eigenvalue weighted by atomic mass is 15.4. The van der Waals surface area contributed by atoms with Crippen molar-refractivity contribution < 1.29 is 4.48 Å². The first-order valence-electron chi connectivity index (χ1n) is 5.31. The van der Waals surface area contributed by atoms with Crippen LogP contribution in [0.25, 0.3) is 0 Å². The van der Waals surface area contributed by atoms with Gasteiger partial charge in [0.25, 0.3) is 0 Å². The van der Waals surface area contributed by atoms with Gasteiger partial charge in [0, 0.05) is 13.1 Å². The second-order valence-electron chi connectivity index (χ2n) is 4.25. The molecule has 0 aromatic rings. The number of hydrogen-bond acceptors (Lipinski definition) is 1. The van der Waals surface area contributed by atoms with E-state index in [1.165, 1.54) is 56.5 Å². The molecule has 2 nitrogen and oxygen atoms in total. The Morgan fingerprint density at radius 2 is 1.83 bits per heavy atom. The third kappa shape index (κ3) is 3.11. The van der Waals surface area contributed by atoms with Crippen molar-refractivity contribution >= 4 is 0 Å². The molecule has 2 heteroatoms. The Morgan fingerprint density at radius 1 is 1.17 bits per heavy atom. The molecule has 1 aliphatic rings. The van der Waals surface area contributed by atoms with Crippen LogP contribution in [0.5, 0.6) is 0 Å². The molecule has 0 bridgehead atoms. The van der Waals surface area contributed by atoms with Crippen molar-refractivity contribution in [2.75, 3.05) is 39.8 Å². The fourth-order valence-electron chi connectivity index (χ4n) is 1.90. The summed E-state index contributed by atoms with van der Waals surface area (Å²) in [5, 5.41) is 3.41. The maximum Gasteiger partial charge on any atom is 0.0911 e. The van der Waals surface area contributed by atoms with Gasteiger partial charge in [-0.1, -0.05) is 13.3 Å². The zero-order valence-corrected chi connectivity index (χ0v) is 8.60. The Labute approximate surface area is 76.5 Å². The molecular weight excluding hydrogens is 148 g/mol. The molecule has 0 saturated carbocycles. The first-order chi connectivity index (χ1) is 5.77. The summed E-state index contributed by atoms with van der Waals surface area (Å²) in [6, 6.07) is 0. The normalized spacial score (nSPS) is 22.5. The minimum absolute atomic E-state index is 1.21. The summed E-state index contributed by atoms with van der Waals surface area (Å²) >= 11 is 0. The van der Waals surface area contributed by atoms with Gasteiger partial charge in [0.05, 0.1) is 26.7 Å². The minimum Gasteiger partial charge on any atom is -0.324 e. The van der Waals surface area contributed by atoms with Crippen molar-refractivity contribution in [2.24, 2.45) is 0 Å². The van der Waals surface area contributed by atoms with Crippen LogP contribution in [-0.4, -0.2) is 44.3 Å². The van der Waals surface area contributed by atoms with Gasteiger partial charge in [-0.15, -0.1) is 0 Å². The molecule has 12 heavy (non-hydrogen) atoms. The zero-order chi connectivity index (χ0) is 8.86. The van der Waals surface area contributed by atoms with Gasteiger partial charge >= 0.3 is 0 Å². The average Bonchev–Trinajstić information content (AvgIpc) is 2.06. The van der Waals surface area contributed by atoms with Crippen molar-refractivity contribution in [1.82, 2.24) is 5.32 Å². The number of hydrogen-bond donors (Lipinski definition) is 1.